The van der Waals surface area contributed by atoms with Crippen LogP contribution in [0.25, 0.3) is 12.2 Å². The molecule has 4 heteroatoms. The van der Waals surface area contributed by atoms with E-state index in [0.29, 0.717) is 0 Å². The predicted molar refractivity (Wildman–Crippen MR) is 93.2 cm³/mol. The summed E-state index contributed by atoms with van der Waals surface area (Å²) >= 11 is 0. The predicted octanol–water partition coefficient (Wildman–Crippen LogP) is 3.14. The quantitative estimate of drug-likeness (QED) is 0.606. The second-order valence-corrected chi connectivity index (χ2v) is 5.22. The minimum Gasteiger partial charge on any atom is -0.508 e. The molecule has 2 rings (SSSR count). The Hall–Kier alpha value is -2.98. The van der Waals surface area contributed by atoms with E-state index >= 15 is 0 Å². The molecule has 0 amide bonds. The van der Waals surface area contributed by atoms with Crippen LogP contribution >= 0.6 is 0 Å². The van der Waals surface area contributed by atoms with Crippen LogP contribution < -0.4 is 0 Å². The molecule has 0 aliphatic rings. The maximum atomic E-state index is 11.8. The van der Waals surface area contributed by atoms with Crippen LogP contribution in [0.2, 0.25) is 0 Å². The van der Waals surface area contributed by atoms with Crippen molar-refractivity contribution < 1.29 is 19.8 Å². The monoisotopic (exact) mass is 322 g/mol. The van der Waals surface area contributed by atoms with Crippen molar-refractivity contribution in [3.63, 3.8) is 0 Å². The highest BCUT2D eigenvalue weighted by Gasteiger charge is 2.04. The number of aliphatic hydroxyl groups is 1. The Balaban J connectivity index is 1.93. The van der Waals surface area contributed by atoms with Crippen molar-refractivity contribution in [2.75, 3.05) is 0 Å². The average molecular weight is 322 g/mol. The van der Waals surface area contributed by atoms with Crippen molar-refractivity contribution in [2.24, 2.45) is 0 Å². The first-order valence-electron chi connectivity index (χ1n) is 7.48. The summed E-state index contributed by atoms with van der Waals surface area (Å²) in [6, 6.07) is 13.6. The molecule has 0 radical (unpaired) electrons. The number of rotatable bonds is 7. The molecular formula is C20H18O4. The van der Waals surface area contributed by atoms with Gasteiger partial charge in [0.25, 0.3) is 0 Å². The molecule has 0 unspecified atom stereocenters. The minimum absolute atomic E-state index is 0.108. The molecule has 2 aromatic carbocycles. The molecule has 0 saturated heterocycles. The first-order chi connectivity index (χ1) is 11.6. The van der Waals surface area contributed by atoms with Gasteiger partial charge in [-0.05, 0) is 41.0 Å². The number of hydrogen-bond acceptors (Lipinski definition) is 4. The van der Waals surface area contributed by atoms with Gasteiger partial charge in [0.15, 0.2) is 11.6 Å². The molecule has 4 nitrogen and oxygen atoms in total. The summed E-state index contributed by atoms with van der Waals surface area (Å²) in [5.41, 5.74) is 2.24. The molecule has 2 N–H and O–H groups in total. The molecule has 0 spiro atoms. The van der Waals surface area contributed by atoms with Gasteiger partial charge in [-0.2, -0.15) is 0 Å². The number of carbonyl (C=O) groups excluding carboxylic acids is 2. The van der Waals surface area contributed by atoms with Crippen LogP contribution in [-0.4, -0.2) is 21.8 Å². The van der Waals surface area contributed by atoms with Gasteiger partial charge in [0.05, 0.1) is 13.0 Å². The molecule has 122 valence electrons. The molecule has 0 saturated carbocycles. The Morgan fingerprint density at radius 1 is 0.875 bits per heavy atom. The lowest BCUT2D eigenvalue weighted by Crippen LogP contribution is -2.02. The lowest BCUT2D eigenvalue weighted by Gasteiger charge is -2.00. The number of ketones is 2. The highest BCUT2D eigenvalue weighted by Crippen LogP contribution is 2.12. The van der Waals surface area contributed by atoms with Crippen molar-refractivity contribution in [1.82, 2.24) is 0 Å². The third kappa shape index (κ3) is 5.34. The van der Waals surface area contributed by atoms with Crippen LogP contribution in [0.1, 0.15) is 23.1 Å². The number of aliphatic hydroxyl groups excluding tert-OH is 1. The number of carbonyl (C=O) groups is 2. The second-order valence-electron chi connectivity index (χ2n) is 5.22. The van der Waals surface area contributed by atoms with Gasteiger partial charge in [-0.1, -0.05) is 48.6 Å². The van der Waals surface area contributed by atoms with E-state index in [9.17, 15) is 19.8 Å². The standard InChI is InChI=1S/C20H18O4/c21-14-17-4-2-1-3-16(17)8-12-20(24)13-19(23)11-7-15-5-9-18(22)10-6-15/h1-12,21-22H,13-14H2/b11-7+,12-8+. The van der Waals surface area contributed by atoms with Crippen LogP contribution in [-0.2, 0) is 16.2 Å². The maximum Gasteiger partial charge on any atom is 0.163 e. The fraction of sp³-hybridized carbons (Fsp3) is 0.100. The number of phenols is 1. The first kappa shape index (κ1) is 17.4. The molecule has 0 atom stereocenters. The molecule has 24 heavy (non-hydrogen) atoms. The maximum absolute atomic E-state index is 11.8. The van der Waals surface area contributed by atoms with E-state index in [4.69, 9.17) is 0 Å². The van der Waals surface area contributed by atoms with Gasteiger partial charge < -0.3 is 10.2 Å². The highest BCUT2D eigenvalue weighted by molar-refractivity contribution is 6.10. The van der Waals surface area contributed by atoms with Crippen LogP contribution in [0.15, 0.2) is 60.7 Å². The van der Waals surface area contributed by atoms with Crippen LogP contribution in [0.4, 0.5) is 0 Å². The molecule has 0 fully saturated rings. The lowest BCUT2D eigenvalue weighted by atomic mass is 10.1. The minimum atomic E-state index is -0.303. The van der Waals surface area contributed by atoms with Crippen LogP contribution in [0, 0.1) is 0 Å². The third-order valence-corrected chi connectivity index (χ3v) is 3.38. The summed E-state index contributed by atoms with van der Waals surface area (Å²) in [5, 5.41) is 18.4. The van der Waals surface area contributed by atoms with E-state index < -0.39 is 0 Å². The van der Waals surface area contributed by atoms with Crippen molar-refractivity contribution in [3.8, 4) is 5.75 Å². The van der Waals surface area contributed by atoms with Crippen LogP contribution in [0.5, 0.6) is 5.75 Å². The van der Waals surface area contributed by atoms with Crippen molar-refractivity contribution in [1.29, 1.82) is 0 Å². The Labute approximate surface area is 140 Å². The van der Waals surface area contributed by atoms with Gasteiger partial charge in [0.2, 0.25) is 0 Å². The fourth-order valence-corrected chi connectivity index (χ4v) is 2.09. The molecule has 0 heterocycles. The fourth-order valence-electron chi connectivity index (χ4n) is 2.09. The zero-order valence-electron chi connectivity index (χ0n) is 13.1. The summed E-state index contributed by atoms with van der Waals surface area (Å²) in [5.74, 6) is -0.446. The smallest absolute Gasteiger partial charge is 0.163 e. The number of benzene rings is 2. The number of hydrogen-bond donors (Lipinski definition) is 2. The first-order valence-corrected chi connectivity index (χ1v) is 7.48. The SMILES string of the molecule is O=C(/C=C/c1ccc(O)cc1)CC(=O)/C=C/c1ccccc1CO. The summed E-state index contributed by atoms with van der Waals surface area (Å²) < 4.78 is 0. The Kier molecular flexibility index (Phi) is 6.23. The molecule has 0 aromatic heterocycles. The van der Waals surface area contributed by atoms with Crippen molar-refractivity contribution in [3.05, 3.63) is 77.4 Å². The van der Waals surface area contributed by atoms with E-state index in [0.717, 1.165) is 16.7 Å². The van der Waals surface area contributed by atoms with Gasteiger partial charge in [-0.3, -0.25) is 9.59 Å². The second kappa shape index (κ2) is 8.60. The molecule has 2 aromatic rings. The van der Waals surface area contributed by atoms with E-state index in [1.54, 1.807) is 36.4 Å². The summed E-state index contributed by atoms with van der Waals surface area (Å²) in [4.78, 5) is 23.6. The zero-order valence-corrected chi connectivity index (χ0v) is 13.1. The lowest BCUT2D eigenvalue weighted by molar-refractivity contribution is -0.121. The van der Waals surface area contributed by atoms with E-state index in [1.165, 1.54) is 24.3 Å². The molecule has 0 bridgehead atoms. The normalized spacial score (nSPS) is 11.2. The number of aromatic hydroxyl groups is 1. The Bertz CT molecular complexity index is 770. The van der Waals surface area contributed by atoms with E-state index in [-0.39, 0.29) is 30.3 Å². The number of phenolic OH excluding ortho intramolecular Hbond substituents is 1. The number of allylic oxidation sites excluding steroid dienone is 2. The summed E-state index contributed by atoms with van der Waals surface area (Å²) in [6.45, 7) is -0.108. The molecule has 0 aliphatic heterocycles. The van der Waals surface area contributed by atoms with Gasteiger partial charge >= 0.3 is 0 Å². The van der Waals surface area contributed by atoms with E-state index in [1.807, 2.05) is 12.1 Å². The van der Waals surface area contributed by atoms with Gasteiger partial charge in [0.1, 0.15) is 5.75 Å². The van der Waals surface area contributed by atoms with Crippen molar-refractivity contribution in [2.45, 2.75) is 13.0 Å². The van der Waals surface area contributed by atoms with Crippen LogP contribution in [0.3, 0.4) is 0 Å². The topological polar surface area (TPSA) is 74.6 Å². The Morgan fingerprint density at radius 3 is 2.17 bits per heavy atom. The molecule has 0 aliphatic carbocycles. The highest BCUT2D eigenvalue weighted by atomic mass is 16.3. The Morgan fingerprint density at radius 2 is 1.50 bits per heavy atom. The van der Waals surface area contributed by atoms with E-state index in [2.05, 4.69) is 0 Å². The summed E-state index contributed by atoms with van der Waals surface area (Å²) in [7, 11) is 0. The average Bonchev–Trinajstić information content (AvgIpc) is 2.59. The summed E-state index contributed by atoms with van der Waals surface area (Å²) in [6.07, 6.45) is 5.68. The van der Waals surface area contributed by atoms with Gasteiger partial charge in [-0.15, -0.1) is 0 Å². The van der Waals surface area contributed by atoms with Crippen molar-refractivity contribution >= 4 is 23.7 Å². The van der Waals surface area contributed by atoms with Gasteiger partial charge in [0, 0.05) is 0 Å². The largest absolute Gasteiger partial charge is 0.508 e. The zero-order chi connectivity index (χ0) is 17.4. The molecular weight excluding hydrogens is 304 g/mol. The third-order valence-electron chi connectivity index (χ3n) is 3.38. The van der Waals surface area contributed by atoms with Gasteiger partial charge in [-0.25, -0.2) is 0 Å².